The molecular formula is C23H24N6O3. The Balaban J connectivity index is 1.69. The number of carbonyl (C=O) groups is 1. The lowest BCUT2D eigenvalue weighted by Crippen LogP contribution is -2.32. The molecule has 0 bridgehead atoms. The smallest absolute Gasteiger partial charge is 0.298 e. The van der Waals surface area contributed by atoms with Crippen molar-refractivity contribution in [3.8, 4) is 0 Å². The number of oxime groups is 1. The molecule has 4 rings (SSSR count). The molecule has 164 valence electrons. The molecule has 0 saturated carbocycles. The first-order valence-electron chi connectivity index (χ1n) is 10.3. The molecule has 2 aliphatic rings. The predicted molar refractivity (Wildman–Crippen MR) is 122 cm³/mol. The Hall–Kier alpha value is -4.01. The van der Waals surface area contributed by atoms with Crippen LogP contribution in [0, 0.1) is 6.92 Å². The molecule has 1 atom stereocenters. The van der Waals surface area contributed by atoms with E-state index in [1.807, 2.05) is 38.1 Å². The van der Waals surface area contributed by atoms with Crippen LogP contribution in [0.15, 0.2) is 69.9 Å². The predicted octanol–water partition coefficient (Wildman–Crippen LogP) is 1.83. The van der Waals surface area contributed by atoms with Crippen molar-refractivity contribution in [1.82, 2.24) is 19.9 Å². The van der Waals surface area contributed by atoms with Crippen molar-refractivity contribution in [3.63, 3.8) is 0 Å². The Kier molecular flexibility index (Phi) is 5.98. The minimum atomic E-state index is -0.445. The average molecular weight is 432 g/mol. The zero-order chi connectivity index (χ0) is 22.7. The van der Waals surface area contributed by atoms with Crippen molar-refractivity contribution in [2.24, 2.45) is 5.16 Å². The van der Waals surface area contributed by atoms with Crippen molar-refractivity contribution >= 4 is 23.6 Å². The molecule has 0 spiro atoms. The highest BCUT2D eigenvalue weighted by Crippen LogP contribution is 2.37. The normalized spacial score (nSPS) is 17.3. The molecule has 2 aromatic heterocycles. The van der Waals surface area contributed by atoms with Crippen LogP contribution in [0.1, 0.15) is 18.3 Å². The lowest BCUT2D eigenvalue weighted by Gasteiger charge is -2.26. The fraction of sp³-hybridized carbons (Fsp3) is 0.261. The van der Waals surface area contributed by atoms with Crippen LogP contribution in [0.5, 0.6) is 0 Å². The van der Waals surface area contributed by atoms with E-state index in [4.69, 9.17) is 4.84 Å². The quantitative estimate of drug-likeness (QED) is 0.616. The van der Waals surface area contributed by atoms with Gasteiger partial charge in [-0.2, -0.15) is 0 Å². The second-order valence-electron chi connectivity index (χ2n) is 7.52. The number of nitrogens with zero attached hydrogens (tertiary/aromatic N) is 4. The minimum Gasteiger partial charge on any atom is -0.383 e. The Labute approximate surface area is 185 Å². The average Bonchev–Trinajstić information content (AvgIpc) is 3.16. The van der Waals surface area contributed by atoms with Crippen LogP contribution in [0.2, 0.25) is 0 Å². The number of allylic oxidation sites excluding steroid dienone is 1. The lowest BCUT2D eigenvalue weighted by atomic mass is 9.88. The molecular weight excluding hydrogens is 408 g/mol. The molecule has 3 heterocycles. The van der Waals surface area contributed by atoms with Gasteiger partial charge in [-0.25, -0.2) is 4.98 Å². The zero-order valence-electron chi connectivity index (χ0n) is 18.0. The van der Waals surface area contributed by atoms with E-state index < -0.39 is 6.10 Å². The summed E-state index contributed by atoms with van der Waals surface area (Å²) in [5, 5.41) is 9.88. The van der Waals surface area contributed by atoms with Crippen LogP contribution < -0.4 is 16.2 Å². The van der Waals surface area contributed by atoms with Crippen molar-refractivity contribution in [1.29, 1.82) is 0 Å². The molecule has 0 radical (unpaired) electrons. The van der Waals surface area contributed by atoms with E-state index in [1.165, 1.54) is 0 Å². The number of carbonyl (C=O) groups excluding carboxylic acids is 1. The molecule has 9 heteroatoms. The number of anilines is 1. The first kappa shape index (κ1) is 21.2. The number of nitrogens with one attached hydrogen (secondary N) is 2. The highest BCUT2D eigenvalue weighted by Gasteiger charge is 2.35. The maximum atomic E-state index is 13.5. The highest BCUT2D eigenvalue weighted by molar-refractivity contribution is 6.08. The third-order valence-electron chi connectivity index (χ3n) is 5.40. The number of pyridine rings is 1. The van der Waals surface area contributed by atoms with Gasteiger partial charge in [0.05, 0.1) is 11.4 Å². The van der Waals surface area contributed by atoms with Gasteiger partial charge in [0.15, 0.2) is 11.9 Å². The Morgan fingerprint density at radius 3 is 2.88 bits per heavy atom. The highest BCUT2D eigenvalue weighted by atomic mass is 16.6. The number of rotatable bonds is 8. The van der Waals surface area contributed by atoms with Crippen LogP contribution >= 0.6 is 0 Å². The number of hydrogen-bond donors (Lipinski definition) is 2. The van der Waals surface area contributed by atoms with Gasteiger partial charge in [0.2, 0.25) is 6.41 Å². The van der Waals surface area contributed by atoms with Crippen molar-refractivity contribution in [2.45, 2.75) is 26.4 Å². The van der Waals surface area contributed by atoms with E-state index in [2.05, 4.69) is 32.3 Å². The summed E-state index contributed by atoms with van der Waals surface area (Å²) in [6.07, 6.45) is 6.08. The summed E-state index contributed by atoms with van der Waals surface area (Å²) in [6, 6.07) is 5.73. The summed E-state index contributed by atoms with van der Waals surface area (Å²) >= 11 is 0. The molecule has 9 nitrogen and oxygen atoms in total. The van der Waals surface area contributed by atoms with Crippen molar-refractivity contribution < 1.29 is 9.63 Å². The van der Waals surface area contributed by atoms with Crippen molar-refractivity contribution in [2.75, 3.05) is 18.4 Å². The van der Waals surface area contributed by atoms with E-state index in [9.17, 15) is 9.59 Å². The second kappa shape index (κ2) is 9.01. The van der Waals surface area contributed by atoms with Crippen LogP contribution in [0.3, 0.4) is 0 Å². The number of hydrogen-bond acceptors (Lipinski definition) is 7. The topological polar surface area (TPSA) is 110 Å². The van der Waals surface area contributed by atoms with E-state index in [1.54, 1.807) is 17.0 Å². The van der Waals surface area contributed by atoms with Gasteiger partial charge in [0.25, 0.3) is 5.56 Å². The third kappa shape index (κ3) is 3.96. The Morgan fingerprint density at radius 1 is 1.28 bits per heavy atom. The van der Waals surface area contributed by atoms with E-state index in [0.29, 0.717) is 42.1 Å². The second-order valence-corrected chi connectivity index (χ2v) is 7.52. The Morgan fingerprint density at radius 2 is 2.12 bits per heavy atom. The van der Waals surface area contributed by atoms with Gasteiger partial charge in [0, 0.05) is 48.9 Å². The van der Waals surface area contributed by atoms with Crippen LogP contribution in [0.25, 0.3) is 5.70 Å². The molecule has 2 N–H and O–H groups in total. The first-order valence-corrected chi connectivity index (χ1v) is 10.3. The number of fused-ring (bicyclic) bond motifs is 1. The largest absolute Gasteiger partial charge is 0.383 e. The Bertz CT molecular complexity index is 1210. The molecule has 32 heavy (non-hydrogen) atoms. The minimum absolute atomic E-state index is 0.236. The summed E-state index contributed by atoms with van der Waals surface area (Å²) in [7, 11) is 0. The maximum Gasteiger partial charge on any atom is 0.298 e. The molecule has 2 aromatic rings. The molecule has 0 saturated heterocycles. The van der Waals surface area contributed by atoms with E-state index in [-0.39, 0.29) is 17.9 Å². The van der Waals surface area contributed by atoms with Crippen LogP contribution in [-0.4, -0.2) is 45.9 Å². The summed E-state index contributed by atoms with van der Waals surface area (Å²) in [6.45, 7) is 8.64. The lowest BCUT2D eigenvalue weighted by molar-refractivity contribution is -0.109. The molecule has 1 aliphatic heterocycles. The SMILES string of the molecule is C=C1C(CNC=O)=CC2ON=C(C)C2=C1n1c(C)cnc(NCCc2ccccn2)c1=O. The molecule has 0 aromatic carbocycles. The van der Waals surface area contributed by atoms with Gasteiger partial charge in [0.1, 0.15) is 0 Å². The number of aromatic nitrogens is 3. The zero-order valence-corrected chi connectivity index (χ0v) is 18.0. The van der Waals surface area contributed by atoms with Gasteiger partial charge >= 0.3 is 0 Å². The van der Waals surface area contributed by atoms with Crippen LogP contribution in [-0.2, 0) is 16.1 Å². The standard InChI is InChI=1S/C23H24N6O3/c1-14-11-27-22(26-9-7-18-6-4-5-8-25-18)23(31)29(14)21-15(2)17(12-24-13-30)10-19-20(21)16(3)28-32-19/h4-6,8,10-11,13,19H,2,7,9,12H2,1,3H3,(H,24,30)(H,26,27). The molecule has 1 aliphatic carbocycles. The summed E-state index contributed by atoms with van der Waals surface area (Å²) in [5.41, 5.74) is 4.73. The summed E-state index contributed by atoms with van der Waals surface area (Å²) < 4.78 is 1.59. The first-order chi connectivity index (χ1) is 15.5. The van der Waals surface area contributed by atoms with Gasteiger partial charge < -0.3 is 15.5 Å². The number of aryl methyl sites for hydroxylation is 1. The van der Waals surface area contributed by atoms with E-state index in [0.717, 1.165) is 16.8 Å². The summed E-state index contributed by atoms with van der Waals surface area (Å²) in [5.74, 6) is 0.236. The van der Waals surface area contributed by atoms with Gasteiger partial charge in [-0.05, 0) is 43.2 Å². The molecule has 1 unspecified atom stereocenters. The maximum absolute atomic E-state index is 13.5. The van der Waals surface area contributed by atoms with Gasteiger partial charge in [-0.15, -0.1) is 0 Å². The third-order valence-corrected chi connectivity index (χ3v) is 5.40. The number of amides is 1. The van der Waals surface area contributed by atoms with Crippen LogP contribution in [0.4, 0.5) is 5.82 Å². The summed E-state index contributed by atoms with van der Waals surface area (Å²) in [4.78, 5) is 38.5. The van der Waals surface area contributed by atoms with E-state index >= 15 is 0 Å². The van der Waals surface area contributed by atoms with Gasteiger partial charge in [-0.1, -0.05) is 17.8 Å². The monoisotopic (exact) mass is 432 g/mol. The molecule has 0 fully saturated rings. The van der Waals surface area contributed by atoms with Crippen molar-refractivity contribution in [3.05, 3.63) is 81.7 Å². The molecule has 1 amide bonds. The fourth-order valence-corrected chi connectivity index (χ4v) is 3.83. The van der Waals surface area contributed by atoms with Gasteiger partial charge in [-0.3, -0.25) is 19.1 Å². The fourth-order valence-electron chi connectivity index (χ4n) is 3.83.